The smallest absolute Gasteiger partial charge is 0.410 e. The predicted molar refractivity (Wildman–Crippen MR) is 190 cm³/mol. The minimum atomic E-state index is -0.909. The van der Waals surface area contributed by atoms with Gasteiger partial charge in [-0.2, -0.15) is 0 Å². The molecule has 1 N–H and O–H groups in total. The maximum Gasteiger partial charge on any atom is 0.410 e. The molecule has 2 aromatic carbocycles. The monoisotopic (exact) mass is 714 g/mol. The minimum absolute atomic E-state index is 0.0404. The molecule has 13 heteroatoms. The van der Waals surface area contributed by atoms with Crippen molar-refractivity contribution in [2.45, 2.75) is 62.8 Å². The maximum absolute atomic E-state index is 14.3. The average Bonchev–Trinajstić information content (AvgIpc) is 3.75. The van der Waals surface area contributed by atoms with Crippen molar-refractivity contribution >= 4 is 41.7 Å². The first-order valence-electron chi connectivity index (χ1n) is 17.0. The number of esters is 1. The Labute approximate surface area is 301 Å². The van der Waals surface area contributed by atoms with Crippen LogP contribution in [-0.4, -0.2) is 99.7 Å². The molecule has 4 aliphatic heterocycles. The van der Waals surface area contributed by atoms with Gasteiger partial charge in [-0.05, 0) is 56.4 Å². The van der Waals surface area contributed by atoms with Gasteiger partial charge in [-0.25, -0.2) is 14.4 Å². The topological polar surface area (TPSA) is 135 Å². The number of carbonyl (C=O) groups excluding carboxylic acids is 5. The molecule has 268 valence electrons. The van der Waals surface area contributed by atoms with Gasteiger partial charge in [-0.15, -0.1) is 11.8 Å². The second kappa shape index (κ2) is 15.1. The first-order chi connectivity index (χ1) is 24.4. The zero-order valence-corrected chi connectivity index (χ0v) is 29.7. The van der Waals surface area contributed by atoms with E-state index in [0.29, 0.717) is 43.6 Å². The lowest BCUT2D eigenvalue weighted by atomic mass is 10.00. The zero-order chi connectivity index (χ0) is 36.3. The van der Waals surface area contributed by atoms with Crippen LogP contribution in [0, 0.1) is 0 Å². The van der Waals surface area contributed by atoms with Crippen LogP contribution in [-0.2, 0) is 28.6 Å². The summed E-state index contributed by atoms with van der Waals surface area (Å²) in [5.74, 6) is -1.10. The Morgan fingerprint density at radius 3 is 2.31 bits per heavy atom. The summed E-state index contributed by atoms with van der Waals surface area (Å²) in [6.07, 6.45) is 2.32. The number of β-lactam (4-membered cyclic amide) rings is 1. The van der Waals surface area contributed by atoms with Crippen LogP contribution < -0.4 is 5.32 Å². The maximum atomic E-state index is 14.3. The lowest BCUT2D eigenvalue weighted by Gasteiger charge is -2.49. The molecule has 4 amide bonds. The van der Waals surface area contributed by atoms with Crippen molar-refractivity contribution in [3.05, 3.63) is 107 Å². The number of nitrogens with one attached hydrogen (secondary N) is 1. The number of allylic oxidation sites excluding steroid dienone is 1. The summed E-state index contributed by atoms with van der Waals surface area (Å²) in [4.78, 5) is 71.6. The second-order valence-corrected chi connectivity index (χ2v) is 14.8. The van der Waals surface area contributed by atoms with Crippen molar-refractivity contribution in [2.24, 2.45) is 0 Å². The first kappa shape index (κ1) is 35.8. The molecule has 0 aliphatic carbocycles. The summed E-state index contributed by atoms with van der Waals surface area (Å²) >= 11 is 1.38. The third kappa shape index (κ3) is 7.83. The number of likely N-dealkylation sites (tertiary alicyclic amines) is 2. The predicted octanol–water partition coefficient (Wildman–Crippen LogP) is 4.94. The normalized spacial score (nSPS) is 22.5. The number of thioether (sulfide) groups is 1. The standard InChI is InChI=1S/C38H42N4O8S/c1-5-20-48-37(47)40-18-17-28(22-40)41-19-16-26(32(41)43)21-27-23-51-34-29(39-36(46)50-38(2,3)4)33(44)42(34)30(27)35(45)49-31(24-12-8-6-9-13-24)25-14-10-7-11-15-25/h5-15,21,28-29,31,34H,1,16-20,22-23H2,2-4H3,(H,39,46)/b26-21+/t28-,29+,34+/m0/s1. The fourth-order valence-electron chi connectivity index (χ4n) is 6.63. The van der Waals surface area contributed by atoms with E-state index in [0.717, 1.165) is 11.1 Å². The molecule has 0 bridgehead atoms. The van der Waals surface area contributed by atoms with Crippen molar-refractivity contribution in [3.8, 4) is 0 Å². The van der Waals surface area contributed by atoms with E-state index < -0.39 is 47.2 Å². The van der Waals surface area contributed by atoms with Gasteiger partial charge in [-0.3, -0.25) is 14.5 Å². The molecule has 0 unspecified atom stereocenters. The van der Waals surface area contributed by atoms with Gasteiger partial charge in [0.05, 0.1) is 6.04 Å². The molecular formula is C38H42N4O8S. The van der Waals surface area contributed by atoms with E-state index in [9.17, 15) is 24.0 Å². The number of hydrogen-bond acceptors (Lipinski definition) is 9. The van der Waals surface area contributed by atoms with Gasteiger partial charge < -0.3 is 29.3 Å². The molecule has 12 nitrogen and oxygen atoms in total. The van der Waals surface area contributed by atoms with Gasteiger partial charge in [0, 0.05) is 31.0 Å². The molecular weight excluding hydrogens is 673 g/mol. The quantitative estimate of drug-likeness (QED) is 0.126. The number of fused-ring (bicyclic) bond motifs is 1. The third-order valence-corrected chi connectivity index (χ3v) is 10.3. The highest BCUT2D eigenvalue weighted by Gasteiger charge is 2.55. The van der Waals surface area contributed by atoms with Crippen molar-refractivity contribution in [1.29, 1.82) is 0 Å². The van der Waals surface area contributed by atoms with Gasteiger partial charge in [0.1, 0.15) is 29.3 Å². The summed E-state index contributed by atoms with van der Waals surface area (Å²) in [5, 5.41) is 2.08. The van der Waals surface area contributed by atoms with Crippen LogP contribution in [0.1, 0.15) is 50.8 Å². The fourth-order valence-corrected chi connectivity index (χ4v) is 7.94. The summed E-state index contributed by atoms with van der Waals surface area (Å²) in [6, 6.07) is 17.6. The highest BCUT2D eigenvalue weighted by molar-refractivity contribution is 8.00. The Bertz CT molecular complexity index is 1720. The van der Waals surface area contributed by atoms with E-state index in [4.69, 9.17) is 14.2 Å². The molecule has 3 atom stereocenters. The van der Waals surface area contributed by atoms with Gasteiger partial charge >= 0.3 is 18.2 Å². The lowest BCUT2D eigenvalue weighted by Crippen LogP contribution is -2.70. The van der Waals surface area contributed by atoms with Crippen molar-refractivity contribution in [2.75, 3.05) is 32.0 Å². The van der Waals surface area contributed by atoms with Crippen LogP contribution in [0.25, 0.3) is 0 Å². The number of benzene rings is 2. The summed E-state index contributed by atoms with van der Waals surface area (Å²) in [7, 11) is 0. The van der Waals surface area contributed by atoms with Crippen LogP contribution in [0.15, 0.2) is 96.2 Å². The van der Waals surface area contributed by atoms with Gasteiger partial charge in [0.15, 0.2) is 6.10 Å². The van der Waals surface area contributed by atoms with E-state index in [1.807, 2.05) is 60.7 Å². The zero-order valence-electron chi connectivity index (χ0n) is 28.9. The van der Waals surface area contributed by atoms with Gasteiger partial charge in [-0.1, -0.05) is 73.3 Å². The molecule has 0 radical (unpaired) electrons. The van der Waals surface area contributed by atoms with E-state index in [1.54, 1.807) is 36.6 Å². The van der Waals surface area contributed by atoms with E-state index in [1.165, 1.54) is 22.7 Å². The number of rotatable bonds is 9. The Morgan fingerprint density at radius 2 is 1.69 bits per heavy atom. The van der Waals surface area contributed by atoms with E-state index in [2.05, 4.69) is 11.9 Å². The van der Waals surface area contributed by atoms with Crippen molar-refractivity contribution in [1.82, 2.24) is 20.0 Å². The third-order valence-electron chi connectivity index (χ3n) is 8.99. The number of carbonyl (C=O) groups is 5. The van der Waals surface area contributed by atoms with Crippen molar-refractivity contribution in [3.63, 3.8) is 0 Å². The number of hydrogen-bond donors (Lipinski definition) is 1. The molecule has 3 fully saturated rings. The lowest BCUT2D eigenvalue weighted by molar-refractivity contribution is -0.153. The Kier molecular flexibility index (Phi) is 10.6. The summed E-state index contributed by atoms with van der Waals surface area (Å²) < 4.78 is 16.8. The van der Waals surface area contributed by atoms with E-state index in [-0.39, 0.29) is 30.0 Å². The number of nitrogens with zero attached hydrogens (tertiary/aromatic N) is 3. The Morgan fingerprint density at radius 1 is 1.02 bits per heavy atom. The number of ether oxygens (including phenoxy) is 3. The van der Waals surface area contributed by atoms with E-state index >= 15 is 0 Å². The molecule has 4 aliphatic rings. The first-order valence-corrected chi connectivity index (χ1v) is 18.0. The molecule has 0 spiro atoms. The SMILES string of the molecule is C=CCOC(=O)N1CC[C@H](N2CC/C(=C\C3=C(C(=O)OC(c4ccccc4)c4ccccc4)N4C(=O)[C@@H](NC(=O)OC(C)(C)C)[C@H]4SC3)C2=O)C1. The Balaban J connectivity index is 1.28. The fraction of sp³-hybridized carbons (Fsp3) is 0.395. The van der Waals surface area contributed by atoms with Crippen LogP contribution >= 0.6 is 11.8 Å². The molecule has 0 aromatic heterocycles. The van der Waals surface area contributed by atoms with Crippen LogP contribution in [0.5, 0.6) is 0 Å². The molecule has 3 saturated heterocycles. The van der Waals surface area contributed by atoms with Gasteiger partial charge in [0.25, 0.3) is 5.91 Å². The second-order valence-electron chi connectivity index (χ2n) is 13.7. The molecule has 51 heavy (non-hydrogen) atoms. The number of alkyl carbamates (subject to hydrolysis) is 1. The Hall–Kier alpha value is -5.04. The van der Waals surface area contributed by atoms with Crippen molar-refractivity contribution < 1.29 is 38.2 Å². The van der Waals surface area contributed by atoms with Crippen LogP contribution in [0.2, 0.25) is 0 Å². The highest BCUT2D eigenvalue weighted by atomic mass is 32.2. The summed E-state index contributed by atoms with van der Waals surface area (Å²) in [5.41, 5.74) is 1.76. The molecule has 0 saturated carbocycles. The minimum Gasteiger partial charge on any atom is -0.448 e. The average molecular weight is 715 g/mol. The van der Waals surface area contributed by atoms with Crippen LogP contribution in [0.3, 0.4) is 0 Å². The van der Waals surface area contributed by atoms with Gasteiger partial charge in [0.2, 0.25) is 5.91 Å². The molecule has 2 aromatic rings. The summed E-state index contributed by atoms with van der Waals surface area (Å²) in [6.45, 7) is 10.2. The van der Waals surface area contributed by atoms with Crippen LogP contribution in [0.4, 0.5) is 9.59 Å². The largest absolute Gasteiger partial charge is 0.448 e. The highest BCUT2D eigenvalue weighted by Crippen LogP contribution is 2.43. The number of amides is 4. The molecule has 6 rings (SSSR count). The molecule has 4 heterocycles.